The van der Waals surface area contributed by atoms with Crippen LogP contribution < -0.4 is 0 Å². The molecular weight excluding hydrogens is 781 g/mol. The summed E-state index contributed by atoms with van der Waals surface area (Å²) in [6.07, 6.45) is 63.5. The molecule has 0 N–H and O–H groups in total. The first-order chi connectivity index (χ1) is 31.0. The molecule has 0 radical (unpaired) electrons. The molecule has 0 aliphatic heterocycles. The number of ether oxygens (including phenoxy) is 3. The molecule has 0 heterocycles. The van der Waals surface area contributed by atoms with Crippen LogP contribution in [0.2, 0.25) is 0 Å². The first-order valence-electron chi connectivity index (χ1n) is 26.8. The number of esters is 3. The van der Waals surface area contributed by atoms with Gasteiger partial charge in [0.1, 0.15) is 13.2 Å². The van der Waals surface area contributed by atoms with Crippen LogP contribution in [0.15, 0.2) is 60.8 Å². The maximum atomic E-state index is 12.8. The molecule has 364 valence electrons. The second kappa shape index (κ2) is 51.7. The van der Waals surface area contributed by atoms with E-state index in [2.05, 4.69) is 81.5 Å². The van der Waals surface area contributed by atoms with E-state index in [-0.39, 0.29) is 37.5 Å². The van der Waals surface area contributed by atoms with Gasteiger partial charge in [-0.05, 0) is 77.0 Å². The van der Waals surface area contributed by atoms with Crippen LogP contribution in [0.5, 0.6) is 0 Å². The summed E-state index contributed by atoms with van der Waals surface area (Å²) in [6, 6.07) is 0. The van der Waals surface area contributed by atoms with Gasteiger partial charge in [-0.15, -0.1) is 0 Å². The number of hydrogen-bond donors (Lipinski definition) is 0. The molecule has 0 saturated heterocycles. The molecule has 0 bridgehead atoms. The van der Waals surface area contributed by atoms with E-state index in [4.69, 9.17) is 14.2 Å². The standard InChI is InChI=1S/C57H100O6/c1-4-7-10-13-16-19-22-25-27-28-30-32-35-38-41-44-47-50-56(59)62-53-54(52-61-55(58)49-46-43-40-37-34-31-24-21-18-15-12-9-6-3)63-57(60)51-48-45-42-39-36-33-29-26-23-20-17-14-11-8-5-2/h17,20,23,25-27,30,32,38,41,54H,4-16,18-19,21-22,24,28-29,31,33-37,39-40,42-53H2,1-3H3/b20-17-,26-23-,27-25-,32-30-,41-38-. The summed E-state index contributed by atoms with van der Waals surface area (Å²) >= 11 is 0. The number of allylic oxidation sites excluding steroid dienone is 10. The zero-order chi connectivity index (χ0) is 45.8. The Bertz CT molecular complexity index is 1150. The largest absolute Gasteiger partial charge is 0.462 e. The van der Waals surface area contributed by atoms with Crippen molar-refractivity contribution in [3.63, 3.8) is 0 Å². The predicted molar refractivity (Wildman–Crippen MR) is 270 cm³/mol. The van der Waals surface area contributed by atoms with Crippen LogP contribution in [-0.4, -0.2) is 37.2 Å². The second-order valence-corrected chi connectivity index (χ2v) is 17.8. The van der Waals surface area contributed by atoms with Crippen molar-refractivity contribution in [3.8, 4) is 0 Å². The lowest BCUT2D eigenvalue weighted by atomic mass is 10.0. The summed E-state index contributed by atoms with van der Waals surface area (Å²) < 4.78 is 16.8. The van der Waals surface area contributed by atoms with Gasteiger partial charge in [-0.25, -0.2) is 0 Å². The van der Waals surface area contributed by atoms with Crippen LogP contribution in [0.25, 0.3) is 0 Å². The van der Waals surface area contributed by atoms with E-state index >= 15 is 0 Å². The zero-order valence-electron chi connectivity index (χ0n) is 41.6. The van der Waals surface area contributed by atoms with Gasteiger partial charge in [-0.3, -0.25) is 14.4 Å². The Morgan fingerprint density at radius 1 is 0.333 bits per heavy atom. The molecule has 0 aromatic rings. The van der Waals surface area contributed by atoms with Crippen LogP contribution in [0.3, 0.4) is 0 Å². The van der Waals surface area contributed by atoms with Crippen molar-refractivity contribution >= 4 is 17.9 Å². The normalized spacial score (nSPS) is 12.5. The van der Waals surface area contributed by atoms with E-state index < -0.39 is 6.10 Å². The number of carbonyl (C=O) groups is 3. The Kier molecular flexibility index (Phi) is 49.4. The third-order valence-electron chi connectivity index (χ3n) is 11.5. The number of hydrogen-bond acceptors (Lipinski definition) is 6. The quantitative estimate of drug-likeness (QED) is 0.0199. The van der Waals surface area contributed by atoms with E-state index in [9.17, 15) is 14.4 Å². The summed E-state index contributed by atoms with van der Waals surface area (Å²) in [5.74, 6) is -0.953. The highest BCUT2D eigenvalue weighted by molar-refractivity contribution is 5.71. The molecule has 1 atom stereocenters. The van der Waals surface area contributed by atoms with Gasteiger partial charge in [0.15, 0.2) is 6.10 Å². The fraction of sp³-hybridized carbons (Fsp3) is 0.772. The predicted octanol–water partition coefficient (Wildman–Crippen LogP) is 17.6. The lowest BCUT2D eigenvalue weighted by molar-refractivity contribution is -0.167. The van der Waals surface area contributed by atoms with Crippen molar-refractivity contribution in [3.05, 3.63) is 60.8 Å². The lowest BCUT2D eigenvalue weighted by Gasteiger charge is -2.18. The minimum Gasteiger partial charge on any atom is -0.462 e. The summed E-state index contributed by atoms with van der Waals surface area (Å²) in [7, 11) is 0. The van der Waals surface area contributed by atoms with Crippen molar-refractivity contribution in [2.75, 3.05) is 13.2 Å². The molecule has 0 aliphatic carbocycles. The van der Waals surface area contributed by atoms with Crippen molar-refractivity contribution < 1.29 is 28.6 Å². The van der Waals surface area contributed by atoms with E-state index in [1.165, 1.54) is 148 Å². The van der Waals surface area contributed by atoms with Gasteiger partial charge in [-0.1, -0.05) is 229 Å². The Morgan fingerprint density at radius 2 is 0.635 bits per heavy atom. The smallest absolute Gasteiger partial charge is 0.306 e. The van der Waals surface area contributed by atoms with Gasteiger partial charge >= 0.3 is 17.9 Å². The Labute approximate surface area is 390 Å². The Balaban J connectivity index is 4.46. The van der Waals surface area contributed by atoms with E-state index in [0.717, 1.165) is 70.6 Å². The average Bonchev–Trinajstić information content (AvgIpc) is 3.28. The highest BCUT2D eigenvalue weighted by atomic mass is 16.6. The SMILES string of the molecule is CCCCC/C=C\C=C/CCCCCCCCC(=O)OC(COC(=O)CCC/C=C\C/C=C\C/C=C\CCCCCCCC)COC(=O)CCCCCCCCCCCCCCC. The van der Waals surface area contributed by atoms with Crippen LogP contribution in [0.1, 0.15) is 265 Å². The molecule has 0 amide bonds. The van der Waals surface area contributed by atoms with Gasteiger partial charge in [0, 0.05) is 19.3 Å². The zero-order valence-corrected chi connectivity index (χ0v) is 41.6. The molecule has 0 aliphatic rings. The summed E-state index contributed by atoms with van der Waals surface area (Å²) in [5.41, 5.74) is 0. The first-order valence-corrected chi connectivity index (χ1v) is 26.8. The number of unbranched alkanes of at least 4 members (excludes halogenated alkanes) is 28. The van der Waals surface area contributed by atoms with Crippen LogP contribution >= 0.6 is 0 Å². The second-order valence-electron chi connectivity index (χ2n) is 17.8. The molecule has 1 unspecified atom stereocenters. The molecule has 0 rings (SSSR count). The molecule has 0 spiro atoms. The van der Waals surface area contributed by atoms with Crippen molar-refractivity contribution in [2.24, 2.45) is 0 Å². The Morgan fingerprint density at radius 3 is 1.08 bits per heavy atom. The molecule has 0 fully saturated rings. The molecular formula is C57H100O6. The number of rotatable bonds is 48. The van der Waals surface area contributed by atoms with Crippen LogP contribution in [-0.2, 0) is 28.6 Å². The van der Waals surface area contributed by atoms with Crippen molar-refractivity contribution in [1.82, 2.24) is 0 Å². The van der Waals surface area contributed by atoms with E-state index in [1.807, 2.05) is 0 Å². The van der Waals surface area contributed by atoms with Gasteiger partial charge in [0.2, 0.25) is 0 Å². The fourth-order valence-corrected chi connectivity index (χ4v) is 7.45. The monoisotopic (exact) mass is 881 g/mol. The average molecular weight is 881 g/mol. The molecule has 6 heteroatoms. The highest BCUT2D eigenvalue weighted by Crippen LogP contribution is 2.15. The minimum atomic E-state index is -0.798. The topological polar surface area (TPSA) is 78.9 Å². The maximum Gasteiger partial charge on any atom is 0.306 e. The molecule has 0 aromatic heterocycles. The first kappa shape index (κ1) is 60.1. The highest BCUT2D eigenvalue weighted by Gasteiger charge is 2.19. The van der Waals surface area contributed by atoms with E-state index in [1.54, 1.807) is 0 Å². The summed E-state index contributed by atoms with van der Waals surface area (Å²) in [5, 5.41) is 0. The molecule has 6 nitrogen and oxygen atoms in total. The molecule has 0 aromatic carbocycles. The third-order valence-corrected chi connectivity index (χ3v) is 11.5. The molecule has 63 heavy (non-hydrogen) atoms. The Hall–Kier alpha value is -2.89. The minimum absolute atomic E-state index is 0.0927. The van der Waals surface area contributed by atoms with Gasteiger partial charge in [-0.2, -0.15) is 0 Å². The van der Waals surface area contributed by atoms with Crippen LogP contribution in [0, 0.1) is 0 Å². The summed E-state index contributed by atoms with van der Waals surface area (Å²) in [4.78, 5) is 38.0. The number of carbonyl (C=O) groups excluding carboxylic acids is 3. The van der Waals surface area contributed by atoms with Crippen LogP contribution in [0.4, 0.5) is 0 Å². The lowest BCUT2D eigenvalue weighted by Crippen LogP contribution is -2.30. The van der Waals surface area contributed by atoms with Gasteiger partial charge in [0.25, 0.3) is 0 Å². The van der Waals surface area contributed by atoms with Crippen molar-refractivity contribution in [2.45, 2.75) is 271 Å². The third kappa shape index (κ3) is 50.0. The van der Waals surface area contributed by atoms with Gasteiger partial charge < -0.3 is 14.2 Å². The van der Waals surface area contributed by atoms with Crippen molar-refractivity contribution in [1.29, 1.82) is 0 Å². The van der Waals surface area contributed by atoms with E-state index in [0.29, 0.717) is 19.3 Å². The fourth-order valence-electron chi connectivity index (χ4n) is 7.45. The molecule has 0 saturated carbocycles. The van der Waals surface area contributed by atoms with Gasteiger partial charge in [0.05, 0.1) is 0 Å². The summed E-state index contributed by atoms with van der Waals surface area (Å²) in [6.45, 7) is 6.56. The maximum absolute atomic E-state index is 12.8.